The van der Waals surface area contributed by atoms with E-state index in [4.69, 9.17) is 21.1 Å². The summed E-state index contributed by atoms with van der Waals surface area (Å²) in [5.74, 6) is 1.00. The van der Waals surface area contributed by atoms with Gasteiger partial charge in [0.15, 0.2) is 11.5 Å². The summed E-state index contributed by atoms with van der Waals surface area (Å²) in [7, 11) is 1.77. The van der Waals surface area contributed by atoms with Crippen molar-refractivity contribution in [2.24, 2.45) is 0 Å². The van der Waals surface area contributed by atoms with E-state index in [1.807, 2.05) is 31.2 Å². The molecule has 2 aromatic carbocycles. The van der Waals surface area contributed by atoms with E-state index in [2.05, 4.69) is 10.1 Å². The van der Waals surface area contributed by atoms with Gasteiger partial charge < -0.3 is 14.4 Å². The van der Waals surface area contributed by atoms with Crippen LogP contribution in [0.4, 0.5) is 0 Å². The van der Waals surface area contributed by atoms with E-state index in [1.165, 1.54) is 12.4 Å². The standard InChI is InChI=1S/C21H19ClN4O3/c1-14(16-4-6-17(7-5-16)26-12-23-11-24-26)25(2)20(27)8-3-15-9-18(22)21-19(10-15)28-13-29-21/h3-12,14H,13H2,1-2H3/b8-3+/t14-/m0/s1. The van der Waals surface area contributed by atoms with Gasteiger partial charge in [-0.2, -0.15) is 5.10 Å². The Kier molecular flexibility index (Phi) is 5.22. The van der Waals surface area contributed by atoms with Crippen LogP contribution in [0, 0.1) is 0 Å². The summed E-state index contributed by atoms with van der Waals surface area (Å²) in [6.07, 6.45) is 6.37. The Labute approximate surface area is 173 Å². The number of benzene rings is 2. The lowest BCUT2D eigenvalue weighted by Gasteiger charge is -2.24. The molecule has 0 radical (unpaired) electrons. The maximum absolute atomic E-state index is 12.6. The van der Waals surface area contributed by atoms with Crippen LogP contribution in [0.2, 0.25) is 5.02 Å². The lowest BCUT2D eigenvalue weighted by molar-refractivity contribution is -0.126. The molecule has 1 aromatic heterocycles. The quantitative estimate of drug-likeness (QED) is 0.597. The monoisotopic (exact) mass is 410 g/mol. The van der Waals surface area contributed by atoms with Gasteiger partial charge in [-0.1, -0.05) is 23.7 Å². The van der Waals surface area contributed by atoms with Gasteiger partial charge in [0.25, 0.3) is 0 Å². The third-order valence-electron chi connectivity index (χ3n) is 4.86. The zero-order chi connectivity index (χ0) is 20.4. The van der Waals surface area contributed by atoms with E-state index in [0.717, 1.165) is 16.8 Å². The normalized spacial score (nSPS) is 13.6. The van der Waals surface area contributed by atoms with Crippen molar-refractivity contribution in [1.29, 1.82) is 0 Å². The summed E-state index contributed by atoms with van der Waals surface area (Å²) in [4.78, 5) is 18.3. The van der Waals surface area contributed by atoms with Crippen LogP contribution in [0.15, 0.2) is 55.1 Å². The molecule has 2 heterocycles. The highest BCUT2D eigenvalue weighted by Crippen LogP contribution is 2.40. The van der Waals surface area contributed by atoms with Crippen molar-refractivity contribution in [3.05, 3.63) is 71.3 Å². The molecule has 0 saturated heterocycles. The van der Waals surface area contributed by atoms with Gasteiger partial charge in [-0.25, -0.2) is 9.67 Å². The summed E-state index contributed by atoms with van der Waals surface area (Å²) < 4.78 is 12.3. The van der Waals surface area contributed by atoms with Crippen LogP contribution >= 0.6 is 11.6 Å². The van der Waals surface area contributed by atoms with Gasteiger partial charge in [-0.3, -0.25) is 4.79 Å². The maximum Gasteiger partial charge on any atom is 0.246 e. The maximum atomic E-state index is 12.6. The second kappa shape index (κ2) is 7.97. The predicted octanol–water partition coefficient (Wildman–Crippen LogP) is 3.88. The molecule has 0 bridgehead atoms. The zero-order valence-electron chi connectivity index (χ0n) is 15.9. The van der Waals surface area contributed by atoms with Crippen LogP contribution in [-0.4, -0.2) is 39.4 Å². The van der Waals surface area contributed by atoms with E-state index < -0.39 is 0 Å². The number of carbonyl (C=O) groups excluding carboxylic acids is 1. The topological polar surface area (TPSA) is 69.5 Å². The number of nitrogens with zero attached hydrogens (tertiary/aromatic N) is 4. The summed E-state index contributed by atoms with van der Waals surface area (Å²) in [6, 6.07) is 11.3. The Balaban J connectivity index is 1.44. The number of fused-ring (bicyclic) bond motifs is 1. The smallest absolute Gasteiger partial charge is 0.246 e. The van der Waals surface area contributed by atoms with Gasteiger partial charge in [-0.15, -0.1) is 0 Å². The van der Waals surface area contributed by atoms with E-state index >= 15 is 0 Å². The third-order valence-corrected chi connectivity index (χ3v) is 5.14. The van der Waals surface area contributed by atoms with Gasteiger partial charge in [0.1, 0.15) is 12.7 Å². The Morgan fingerprint density at radius 2 is 2.07 bits per heavy atom. The molecular weight excluding hydrogens is 392 g/mol. The predicted molar refractivity (Wildman–Crippen MR) is 109 cm³/mol. The molecule has 1 aliphatic heterocycles. The number of ether oxygens (including phenoxy) is 2. The number of hydrogen-bond acceptors (Lipinski definition) is 5. The molecule has 1 aliphatic rings. The average Bonchev–Trinajstić information content (AvgIpc) is 3.43. The third kappa shape index (κ3) is 3.95. The van der Waals surface area contributed by atoms with Crippen LogP contribution in [-0.2, 0) is 4.79 Å². The molecule has 0 fully saturated rings. The first-order valence-corrected chi connectivity index (χ1v) is 9.39. The molecule has 148 valence electrons. The molecule has 1 amide bonds. The first kappa shape index (κ1) is 19.0. The molecule has 0 unspecified atom stereocenters. The van der Waals surface area contributed by atoms with Crippen LogP contribution < -0.4 is 9.47 Å². The fourth-order valence-corrected chi connectivity index (χ4v) is 3.30. The van der Waals surface area contributed by atoms with Crippen molar-refractivity contribution in [2.45, 2.75) is 13.0 Å². The molecule has 3 aromatic rings. The van der Waals surface area contributed by atoms with Gasteiger partial charge in [0.2, 0.25) is 12.7 Å². The highest BCUT2D eigenvalue weighted by atomic mass is 35.5. The van der Waals surface area contributed by atoms with Gasteiger partial charge in [0, 0.05) is 13.1 Å². The van der Waals surface area contributed by atoms with Crippen LogP contribution in [0.1, 0.15) is 24.1 Å². The Hall–Kier alpha value is -3.32. The zero-order valence-corrected chi connectivity index (χ0v) is 16.7. The highest BCUT2D eigenvalue weighted by Gasteiger charge is 2.18. The number of carbonyl (C=O) groups is 1. The van der Waals surface area contributed by atoms with Gasteiger partial charge in [-0.05, 0) is 48.4 Å². The molecule has 0 aliphatic carbocycles. The SMILES string of the molecule is C[C@@H](c1ccc(-n2cncn2)cc1)N(C)C(=O)/C=C/c1cc(Cl)c2c(c1)OCO2. The fraction of sp³-hybridized carbons (Fsp3) is 0.190. The number of amides is 1. The second-order valence-corrected chi connectivity index (χ2v) is 7.03. The molecule has 0 saturated carbocycles. The minimum atomic E-state index is -0.119. The largest absolute Gasteiger partial charge is 0.454 e. The molecule has 0 N–H and O–H groups in total. The summed E-state index contributed by atoms with van der Waals surface area (Å²) in [6.45, 7) is 2.13. The average molecular weight is 411 g/mol. The molecule has 7 nitrogen and oxygen atoms in total. The molecular formula is C21H19ClN4O3. The Morgan fingerprint density at radius 1 is 1.28 bits per heavy atom. The number of halogens is 1. The lowest BCUT2D eigenvalue weighted by Crippen LogP contribution is -2.27. The van der Waals surface area contributed by atoms with E-state index in [1.54, 1.807) is 41.2 Å². The van der Waals surface area contributed by atoms with E-state index in [-0.39, 0.29) is 18.7 Å². The molecule has 4 rings (SSSR count). The Bertz CT molecular complexity index is 1050. The minimum Gasteiger partial charge on any atom is -0.454 e. The lowest BCUT2D eigenvalue weighted by atomic mass is 10.1. The summed E-state index contributed by atoms with van der Waals surface area (Å²) in [5.41, 5.74) is 2.70. The van der Waals surface area contributed by atoms with Crippen molar-refractivity contribution < 1.29 is 14.3 Å². The molecule has 8 heteroatoms. The van der Waals surface area contributed by atoms with Crippen molar-refractivity contribution in [1.82, 2.24) is 19.7 Å². The first-order chi connectivity index (χ1) is 14.0. The fourth-order valence-electron chi connectivity index (χ4n) is 3.03. The number of aromatic nitrogens is 3. The number of hydrogen-bond donors (Lipinski definition) is 0. The number of rotatable bonds is 5. The van der Waals surface area contributed by atoms with Gasteiger partial charge in [0.05, 0.1) is 16.8 Å². The van der Waals surface area contributed by atoms with Crippen LogP contribution in [0.5, 0.6) is 11.5 Å². The minimum absolute atomic E-state index is 0.0997. The molecule has 29 heavy (non-hydrogen) atoms. The molecule has 0 spiro atoms. The van der Waals surface area contributed by atoms with E-state index in [9.17, 15) is 4.79 Å². The Morgan fingerprint density at radius 3 is 2.79 bits per heavy atom. The van der Waals surface area contributed by atoms with Gasteiger partial charge >= 0.3 is 0 Å². The number of likely N-dealkylation sites (N-methyl/N-ethyl adjacent to an activating group) is 1. The molecule has 1 atom stereocenters. The van der Waals surface area contributed by atoms with Crippen molar-refractivity contribution in [3.8, 4) is 17.2 Å². The summed E-state index contributed by atoms with van der Waals surface area (Å²) in [5, 5.41) is 4.57. The first-order valence-electron chi connectivity index (χ1n) is 9.02. The van der Waals surface area contributed by atoms with Crippen LogP contribution in [0.25, 0.3) is 11.8 Å². The van der Waals surface area contributed by atoms with Crippen molar-refractivity contribution in [3.63, 3.8) is 0 Å². The summed E-state index contributed by atoms with van der Waals surface area (Å²) >= 11 is 6.19. The van der Waals surface area contributed by atoms with E-state index in [0.29, 0.717) is 16.5 Å². The second-order valence-electron chi connectivity index (χ2n) is 6.63. The van der Waals surface area contributed by atoms with Crippen molar-refractivity contribution in [2.75, 3.05) is 13.8 Å². The van der Waals surface area contributed by atoms with Crippen LogP contribution in [0.3, 0.4) is 0 Å². The van der Waals surface area contributed by atoms with Crippen molar-refractivity contribution >= 4 is 23.6 Å². The highest BCUT2D eigenvalue weighted by molar-refractivity contribution is 6.32.